The van der Waals surface area contributed by atoms with Gasteiger partial charge in [-0.2, -0.15) is 0 Å². The van der Waals surface area contributed by atoms with Crippen molar-refractivity contribution >= 4 is 54.6 Å². The molecule has 2 nitrogen and oxygen atoms in total. The van der Waals surface area contributed by atoms with Crippen LogP contribution >= 0.6 is 0 Å². The van der Waals surface area contributed by atoms with E-state index in [1.807, 2.05) is 12.1 Å². The number of hydrogen-bond acceptors (Lipinski definition) is 1. The molecule has 0 aliphatic carbocycles. The van der Waals surface area contributed by atoms with E-state index < -0.39 is 5.97 Å². The van der Waals surface area contributed by atoms with Crippen LogP contribution in [0.15, 0.2) is 24.3 Å². The summed E-state index contributed by atoms with van der Waals surface area (Å²) in [4.78, 5) is 10.5. The van der Waals surface area contributed by atoms with Crippen molar-refractivity contribution in [1.29, 1.82) is 0 Å². The van der Waals surface area contributed by atoms with Gasteiger partial charge in [-0.3, -0.25) is 0 Å². The van der Waals surface area contributed by atoms with Gasteiger partial charge in [0.05, 0.1) is 0 Å². The van der Waals surface area contributed by atoms with Crippen molar-refractivity contribution in [3.05, 3.63) is 29.8 Å². The van der Waals surface area contributed by atoms with Crippen LogP contribution in [0.4, 0.5) is 0 Å². The van der Waals surface area contributed by atoms with Crippen LogP contribution in [-0.2, 0) is 0 Å². The third-order valence-electron chi connectivity index (χ3n) is 1.38. The van der Waals surface area contributed by atoms with Crippen LogP contribution in [0.25, 0.3) is 0 Å². The molecule has 0 atom stereocenters. The van der Waals surface area contributed by atoms with Gasteiger partial charge in [-0.1, -0.05) is 0 Å². The molecule has 1 rings (SSSR count). The summed E-state index contributed by atoms with van der Waals surface area (Å²) in [6, 6.07) is 7.12. The van der Waals surface area contributed by atoms with E-state index in [0.29, 0.717) is 54.5 Å². The predicted octanol–water partition coefficient (Wildman–Crippen LogP) is 0.179. The van der Waals surface area contributed by atoms with Gasteiger partial charge in [0.15, 0.2) is 0 Å². The van der Waals surface area contributed by atoms with Crippen molar-refractivity contribution in [3.8, 4) is 0 Å². The molecule has 1 aromatic rings. The summed E-state index contributed by atoms with van der Waals surface area (Å²) in [6.07, 6.45) is 0. The third kappa shape index (κ3) is 1.90. The topological polar surface area (TPSA) is 37.3 Å². The van der Waals surface area contributed by atoms with Gasteiger partial charge >= 0.3 is 94.3 Å². The summed E-state index contributed by atoms with van der Waals surface area (Å²) in [5, 5.41) is 8.60. The number of aromatic carboxylic acids is 1. The molecule has 1 aromatic carbocycles. The molecule has 3 heteroatoms. The Labute approximate surface area is 92.8 Å². The molecule has 0 spiro atoms. The van der Waals surface area contributed by atoms with Crippen molar-refractivity contribution in [1.82, 2.24) is 0 Å². The molecule has 10 heavy (non-hydrogen) atoms. The molecule has 46 valence electrons. The molecule has 0 aliphatic heterocycles. The van der Waals surface area contributed by atoms with E-state index in [9.17, 15) is 4.79 Å². The van der Waals surface area contributed by atoms with Crippen LogP contribution in [0, 0.1) is 0 Å². The van der Waals surface area contributed by atoms with Crippen molar-refractivity contribution in [2.75, 3.05) is 0 Å². The fourth-order valence-corrected chi connectivity index (χ4v) is 1.71. The van der Waals surface area contributed by atoms with Gasteiger partial charge in [-0.15, -0.1) is 0 Å². The van der Waals surface area contributed by atoms with E-state index in [1.165, 1.54) is 0 Å². The fraction of sp³-hybridized carbons (Fsp3) is 0. The molecule has 0 heterocycles. The van der Waals surface area contributed by atoms with Crippen LogP contribution in [0.1, 0.15) is 10.4 Å². The van der Waals surface area contributed by atoms with Gasteiger partial charge < -0.3 is 0 Å². The Balaban J connectivity index is 3.15. The summed E-state index contributed by atoms with van der Waals surface area (Å²) in [6.45, 7) is 0. The first kappa shape index (κ1) is 8.42. The molecular formula is C7H5KO2. The van der Waals surface area contributed by atoms with Crippen molar-refractivity contribution in [2.45, 2.75) is 0 Å². The zero-order valence-corrected chi connectivity index (χ0v) is 8.79. The normalized spacial score (nSPS) is 9.40. The zero-order valence-electron chi connectivity index (χ0n) is 5.66. The van der Waals surface area contributed by atoms with Crippen molar-refractivity contribution in [2.24, 2.45) is 0 Å². The summed E-state index contributed by atoms with van der Waals surface area (Å²) < 4.78 is 0.988. The van der Waals surface area contributed by atoms with Gasteiger partial charge in [0.1, 0.15) is 0 Å². The molecular weight excluding hydrogens is 155 g/mol. The first-order valence-electron chi connectivity index (χ1n) is 3.01. The molecule has 0 aromatic heterocycles. The quantitative estimate of drug-likeness (QED) is 0.595. The molecule has 0 saturated carbocycles. The molecule has 0 fully saturated rings. The van der Waals surface area contributed by atoms with E-state index >= 15 is 0 Å². The Morgan fingerprint density at radius 1 is 1.40 bits per heavy atom. The third-order valence-corrected chi connectivity index (χ3v) is 2.74. The van der Waals surface area contributed by atoms with E-state index in [2.05, 4.69) is 0 Å². The van der Waals surface area contributed by atoms with Gasteiger partial charge in [0, 0.05) is 0 Å². The van der Waals surface area contributed by atoms with Crippen LogP contribution in [-0.4, -0.2) is 60.0 Å². The number of rotatable bonds is 1. The van der Waals surface area contributed by atoms with Crippen LogP contribution in [0.2, 0.25) is 0 Å². The Kier molecular flexibility index (Phi) is 3.07. The minimum absolute atomic E-state index is 0.446. The van der Waals surface area contributed by atoms with E-state index in [-0.39, 0.29) is 0 Å². The van der Waals surface area contributed by atoms with Gasteiger partial charge in [0.25, 0.3) is 0 Å². The molecule has 0 saturated heterocycles. The van der Waals surface area contributed by atoms with Crippen molar-refractivity contribution in [3.63, 3.8) is 0 Å². The average Bonchev–Trinajstić information content (AvgIpc) is 1.88. The fourth-order valence-electron chi connectivity index (χ4n) is 0.813. The SMILES string of the molecule is O=C(O)c1cccc[c]1[K]. The number of hydrogen-bond donors (Lipinski definition) is 1. The number of carbonyl (C=O) groups is 1. The monoisotopic (exact) mass is 160 g/mol. The molecule has 0 aliphatic rings. The Bertz CT molecular complexity index is 258. The zero-order chi connectivity index (χ0) is 7.56. The van der Waals surface area contributed by atoms with E-state index in [4.69, 9.17) is 5.11 Å². The molecule has 1 N–H and O–H groups in total. The van der Waals surface area contributed by atoms with E-state index in [1.54, 1.807) is 12.1 Å². The Morgan fingerprint density at radius 2 is 2.00 bits per heavy atom. The summed E-state index contributed by atoms with van der Waals surface area (Å²) >= 11 is 0.446. The second kappa shape index (κ2) is 3.64. The van der Waals surface area contributed by atoms with Gasteiger partial charge in [-0.05, 0) is 0 Å². The molecule has 0 unspecified atom stereocenters. The summed E-state index contributed by atoms with van der Waals surface area (Å²) in [7, 11) is 0. The Morgan fingerprint density at radius 3 is 2.40 bits per heavy atom. The maximum absolute atomic E-state index is 10.5. The van der Waals surface area contributed by atoms with Gasteiger partial charge in [-0.25, -0.2) is 0 Å². The van der Waals surface area contributed by atoms with E-state index in [0.717, 1.165) is -0.342 Å². The second-order valence-corrected chi connectivity index (χ2v) is 3.80. The van der Waals surface area contributed by atoms with Crippen LogP contribution in [0.5, 0.6) is 0 Å². The first-order valence-corrected chi connectivity index (χ1v) is 4.57. The summed E-state index contributed by atoms with van der Waals surface area (Å²) in [5.74, 6) is -0.816. The molecule has 0 bridgehead atoms. The average molecular weight is 160 g/mol. The number of benzene rings is 1. The molecule has 0 radical (unpaired) electrons. The van der Waals surface area contributed by atoms with Crippen LogP contribution in [0.3, 0.4) is 0 Å². The number of carboxylic acid groups (broad SMARTS) is 1. The Hall–Kier alpha value is 0.326. The minimum atomic E-state index is -0.816. The first-order chi connectivity index (χ1) is 4.72. The maximum atomic E-state index is 10.5. The molecule has 0 amide bonds. The standard InChI is InChI=1S/C7H5O2.K/c8-7(9)6-4-2-1-3-5-6;/h1-4H,(H,8,9);. The summed E-state index contributed by atoms with van der Waals surface area (Å²) in [5.41, 5.74) is 0.461. The predicted molar refractivity (Wildman–Crippen MR) is 38.8 cm³/mol. The second-order valence-electron chi connectivity index (χ2n) is 2.12. The number of carboxylic acids is 1. The van der Waals surface area contributed by atoms with Crippen molar-refractivity contribution < 1.29 is 9.90 Å². The van der Waals surface area contributed by atoms with Gasteiger partial charge in [0.2, 0.25) is 0 Å². The van der Waals surface area contributed by atoms with Crippen LogP contribution < -0.4 is -0.342 Å².